The van der Waals surface area contributed by atoms with E-state index in [9.17, 15) is 5.26 Å². The van der Waals surface area contributed by atoms with Crippen LogP contribution in [0.25, 0.3) is 11.1 Å². The van der Waals surface area contributed by atoms with Gasteiger partial charge in [-0.2, -0.15) is 10.4 Å². The molecule has 7 nitrogen and oxygen atoms in total. The number of nitriles is 1. The Morgan fingerprint density at radius 1 is 1.46 bits per heavy atom. The van der Waals surface area contributed by atoms with Crippen molar-refractivity contribution >= 4 is 16.8 Å². The van der Waals surface area contributed by atoms with E-state index in [0.717, 1.165) is 42.8 Å². The maximum absolute atomic E-state index is 9.28. The van der Waals surface area contributed by atoms with E-state index < -0.39 is 0 Å². The molecule has 28 heavy (non-hydrogen) atoms. The SMILES string of the molecule is COc1cc(/C(=C/N)C(C)=NC2CC3(CCNCC3)C2)cn2ncc(C#N)c12. The average molecular weight is 378 g/mol. The van der Waals surface area contributed by atoms with Crippen molar-refractivity contribution in [3.63, 3.8) is 0 Å². The number of hydrogen-bond donors (Lipinski definition) is 2. The van der Waals surface area contributed by atoms with E-state index in [1.165, 1.54) is 12.8 Å². The first kappa shape index (κ1) is 18.5. The zero-order chi connectivity index (χ0) is 19.7. The van der Waals surface area contributed by atoms with Crippen LogP contribution in [0.3, 0.4) is 0 Å². The fraction of sp³-hybridized carbons (Fsp3) is 0.476. The maximum Gasteiger partial charge on any atom is 0.146 e. The van der Waals surface area contributed by atoms with Crippen molar-refractivity contribution in [3.8, 4) is 11.8 Å². The van der Waals surface area contributed by atoms with Gasteiger partial charge in [-0.25, -0.2) is 4.52 Å². The molecule has 2 aromatic rings. The minimum Gasteiger partial charge on any atom is -0.494 e. The Balaban J connectivity index is 1.60. The van der Waals surface area contributed by atoms with Gasteiger partial charge < -0.3 is 15.8 Å². The number of nitrogens with zero attached hydrogens (tertiary/aromatic N) is 4. The Kier molecular flexibility index (Phi) is 4.82. The molecule has 0 unspecified atom stereocenters. The van der Waals surface area contributed by atoms with Gasteiger partial charge in [0.2, 0.25) is 0 Å². The second kappa shape index (κ2) is 7.28. The first-order valence-electron chi connectivity index (χ1n) is 9.72. The molecule has 1 aliphatic heterocycles. The second-order valence-electron chi connectivity index (χ2n) is 7.87. The van der Waals surface area contributed by atoms with Crippen molar-refractivity contribution in [1.82, 2.24) is 14.9 Å². The zero-order valence-electron chi connectivity index (χ0n) is 16.4. The Morgan fingerprint density at radius 2 is 2.21 bits per heavy atom. The number of nitrogens with two attached hydrogens (primary N) is 1. The molecule has 0 radical (unpaired) electrons. The largest absolute Gasteiger partial charge is 0.494 e. The third-order valence-corrected chi connectivity index (χ3v) is 6.16. The summed E-state index contributed by atoms with van der Waals surface area (Å²) in [6, 6.07) is 4.41. The molecule has 3 N–H and O–H groups in total. The third kappa shape index (κ3) is 3.14. The Hall–Kier alpha value is -2.85. The van der Waals surface area contributed by atoms with Crippen LogP contribution in [0.5, 0.6) is 5.75 Å². The highest BCUT2D eigenvalue weighted by molar-refractivity contribution is 6.22. The number of aromatic nitrogens is 2. The number of fused-ring (bicyclic) bond motifs is 1. The van der Waals surface area contributed by atoms with Gasteiger partial charge in [0.1, 0.15) is 22.9 Å². The number of allylic oxidation sites excluding steroid dienone is 1. The van der Waals surface area contributed by atoms with E-state index in [2.05, 4.69) is 16.5 Å². The number of pyridine rings is 1. The van der Waals surface area contributed by atoms with Gasteiger partial charge in [-0.15, -0.1) is 0 Å². The molecule has 1 saturated heterocycles. The lowest BCUT2D eigenvalue weighted by Gasteiger charge is -2.49. The van der Waals surface area contributed by atoms with Crippen LogP contribution >= 0.6 is 0 Å². The average Bonchev–Trinajstić information content (AvgIpc) is 3.10. The van der Waals surface area contributed by atoms with Gasteiger partial charge in [-0.3, -0.25) is 4.99 Å². The highest BCUT2D eigenvalue weighted by Crippen LogP contribution is 2.49. The number of ether oxygens (including phenoxy) is 1. The van der Waals surface area contributed by atoms with Gasteiger partial charge in [-0.05, 0) is 57.2 Å². The van der Waals surface area contributed by atoms with Crippen molar-refractivity contribution in [2.24, 2.45) is 16.1 Å². The number of nitrogens with one attached hydrogen (secondary N) is 1. The summed E-state index contributed by atoms with van der Waals surface area (Å²) in [6.45, 7) is 4.25. The molecule has 1 spiro atoms. The fourth-order valence-corrected chi connectivity index (χ4v) is 4.63. The molecule has 2 fully saturated rings. The van der Waals surface area contributed by atoms with Crippen molar-refractivity contribution in [3.05, 3.63) is 35.8 Å². The predicted molar refractivity (Wildman–Crippen MR) is 109 cm³/mol. The number of methoxy groups -OCH3 is 1. The molecule has 2 aliphatic rings. The van der Waals surface area contributed by atoms with Crippen molar-refractivity contribution in [2.75, 3.05) is 20.2 Å². The third-order valence-electron chi connectivity index (χ3n) is 6.16. The molecule has 0 aromatic carbocycles. The summed E-state index contributed by atoms with van der Waals surface area (Å²) >= 11 is 0. The van der Waals surface area contributed by atoms with Crippen LogP contribution in [0.4, 0.5) is 0 Å². The maximum atomic E-state index is 9.28. The first-order chi connectivity index (χ1) is 13.6. The van der Waals surface area contributed by atoms with Crippen molar-refractivity contribution < 1.29 is 4.74 Å². The van der Waals surface area contributed by atoms with Gasteiger partial charge in [-0.1, -0.05) is 0 Å². The summed E-state index contributed by atoms with van der Waals surface area (Å²) in [5.74, 6) is 0.594. The summed E-state index contributed by atoms with van der Waals surface area (Å²) in [6.07, 6.45) is 9.84. The molecule has 4 rings (SSSR count). The first-order valence-corrected chi connectivity index (χ1v) is 9.72. The monoisotopic (exact) mass is 378 g/mol. The molecule has 1 aliphatic carbocycles. The molecule has 2 aromatic heterocycles. The predicted octanol–water partition coefficient (Wildman–Crippen LogP) is 2.51. The van der Waals surface area contributed by atoms with Gasteiger partial charge in [0.25, 0.3) is 0 Å². The number of hydrogen-bond acceptors (Lipinski definition) is 6. The number of rotatable bonds is 4. The zero-order valence-corrected chi connectivity index (χ0v) is 16.4. The molecule has 0 atom stereocenters. The molecule has 1 saturated carbocycles. The van der Waals surface area contributed by atoms with Gasteiger partial charge >= 0.3 is 0 Å². The van der Waals surface area contributed by atoms with Crippen LogP contribution in [0.2, 0.25) is 0 Å². The molecule has 146 valence electrons. The van der Waals surface area contributed by atoms with Crippen LogP contribution < -0.4 is 15.8 Å². The van der Waals surface area contributed by atoms with Gasteiger partial charge in [0.15, 0.2) is 0 Å². The van der Waals surface area contributed by atoms with Crippen LogP contribution in [0, 0.1) is 16.7 Å². The van der Waals surface area contributed by atoms with E-state index in [1.54, 1.807) is 24.0 Å². The standard InChI is InChI=1S/C21H26N6O/c1-14(26-17-8-21(9-17)3-5-24-6-4-21)18(11-23)15-7-19(28-2)20-16(10-22)12-25-27(20)13-15/h7,11-13,17,24H,3-6,8-9,23H2,1-2H3/b18-11+,26-14?. The lowest BCUT2D eigenvalue weighted by Crippen LogP contribution is -2.47. The molecule has 3 heterocycles. The Bertz CT molecular complexity index is 982. The summed E-state index contributed by atoms with van der Waals surface area (Å²) in [5.41, 5.74) is 10.3. The molecular weight excluding hydrogens is 352 g/mol. The van der Waals surface area contributed by atoms with Crippen LogP contribution in [0.15, 0.2) is 29.7 Å². The summed E-state index contributed by atoms with van der Waals surface area (Å²) in [7, 11) is 1.59. The second-order valence-corrected chi connectivity index (χ2v) is 7.87. The molecule has 7 heteroatoms. The van der Waals surface area contributed by atoms with Gasteiger partial charge in [0, 0.05) is 29.2 Å². The molecule has 0 bridgehead atoms. The highest BCUT2D eigenvalue weighted by atomic mass is 16.5. The van der Waals surface area contributed by atoms with Crippen molar-refractivity contribution in [2.45, 2.75) is 38.6 Å². The normalized spacial score (nSPS) is 20.2. The van der Waals surface area contributed by atoms with Gasteiger partial charge in [0.05, 0.1) is 19.3 Å². The van der Waals surface area contributed by atoms with E-state index in [1.807, 2.05) is 19.2 Å². The lowest BCUT2D eigenvalue weighted by atomic mass is 9.61. The van der Waals surface area contributed by atoms with Crippen LogP contribution in [0.1, 0.15) is 43.7 Å². The highest BCUT2D eigenvalue weighted by Gasteiger charge is 2.44. The van der Waals surface area contributed by atoms with Crippen LogP contribution in [-0.4, -0.2) is 41.6 Å². The van der Waals surface area contributed by atoms with Crippen LogP contribution in [-0.2, 0) is 0 Å². The van der Waals surface area contributed by atoms with E-state index in [-0.39, 0.29) is 0 Å². The number of piperidine rings is 1. The molecule has 0 amide bonds. The summed E-state index contributed by atoms with van der Waals surface area (Å²) in [4.78, 5) is 4.96. The molecular formula is C21H26N6O. The van der Waals surface area contributed by atoms with Crippen molar-refractivity contribution in [1.29, 1.82) is 5.26 Å². The minimum atomic E-state index is 0.369. The minimum absolute atomic E-state index is 0.369. The van der Waals surface area contributed by atoms with E-state index in [4.69, 9.17) is 15.5 Å². The number of aliphatic imine (C=N–C) groups is 1. The Labute approximate surface area is 164 Å². The summed E-state index contributed by atoms with van der Waals surface area (Å²) in [5, 5.41) is 17.0. The quantitative estimate of drug-likeness (QED) is 0.796. The summed E-state index contributed by atoms with van der Waals surface area (Å²) < 4.78 is 7.17. The van der Waals surface area contributed by atoms with E-state index in [0.29, 0.717) is 28.3 Å². The van der Waals surface area contributed by atoms with E-state index >= 15 is 0 Å². The lowest BCUT2D eigenvalue weighted by molar-refractivity contribution is 0.0645. The topological polar surface area (TPSA) is 101 Å². The Morgan fingerprint density at radius 3 is 2.86 bits per heavy atom. The fourth-order valence-electron chi connectivity index (χ4n) is 4.63. The smallest absolute Gasteiger partial charge is 0.146 e.